The lowest BCUT2D eigenvalue weighted by atomic mass is 10.0. The summed E-state index contributed by atoms with van der Waals surface area (Å²) in [5.41, 5.74) is 3.34. The summed E-state index contributed by atoms with van der Waals surface area (Å²) in [5, 5.41) is 0. The monoisotopic (exact) mass is 242 g/mol. The van der Waals surface area contributed by atoms with Crippen LogP contribution in [0.3, 0.4) is 0 Å². The van der Waals surface area contributed by atoms with Crippen molar-refractivity contribution >= 4 is 5.78 Å². The van der Waals surface area contributed by atoms with E-state index in [1.807, 2.05) is 31.2 Å². The van der Waals surface area contributed by atoms with Crippen LogP contribution >= 0.6 is 0 Å². The van der Waals surface area contributed by atoms with Gasteiger partial charge in [-0.05, 0) is 43.2 Å². The molecule has 0 saturated heterocycles. The molecule has 0 aliphatic carbocycles. The molecule has 0 spiro atoms. The van der Waals surface area contributed by atoms with Gasteiger partial charge < -0.3 is 0 Å². The van der Waals surface area contributed by atoms with Crippen molar-refractivity contribution in [2.75, 3.05) is 0 Å². The predicted molar refractivity (Wildman–Crippen MR) is 70.4 cm³/mol. The third kappa shape index (κ3) is 2.83. The first-order valence-corrected chi connectivity index (χ1v) is 5.91. The van der Waals surface area contributed by atoms with Gasteiger partial charge in [0.2, 0.25) is 0 Å². The molecule has 0 unspecified atom stereocenters. The zero-order valence-electron chi connectivity index (χ0n) is 10.5. The molecular formula is C16H15FO. The van der Waals surface area contributed by atoms with Crippen molar-refractivity contribution < 1.29 is 9.18 Å². The van der Waals surface area contributed by atoms with E-state index in [1.54, 1.807) is 6.07 Å². The number of aryl methyl sites for hydroxylation is 1. The average Bonchev–Trinajstić information content (AvgIpc) is 2.34. The zero-order valence-corrected chi connectivity index (χ0v) is 10.5. The lowest BCUT2D eigenvalue weighted by Crippen LogP contribution is -1.98. The van der Waals surface area contributed by atoms with E-state index in [-0.39, 0.29) is 11.6 Å². The molecule has 2 rings (SSSR count). The Morgan fingerprint density at radius 2 is 1.78 bits per heavy atom. The molecule has 0 aromatic heterocycles. The summed E-state index contributed by atoms with van der Waals surface area (Å²) in [7, 11) is 0. The highest BCUT2D eigenvalue weighted by Gasteiger charge is 2.07. The highest BCUT2D eigenvalue weighted by molar-refractivity contribution is 5.94. The fourth-order valence-electron chi connectivity index (χ4n) is 1.86. The van der Waals surface area contributed by atoms with Gasteiger partial charge in [-0.2, -0.15) is 0 Å². The van der Waals surface area contributed by atoms with Crippen molar-refractivity contribution in [1.29, 1.82) is 0 Å². The molecule has 2 heteroatoms. The summed E-state index contributed by atoms with van der Waals surface area (Å²) in [5.74, 6) is -0.305. The summed E-state index contributed by atoms with van der Waals surface area (Å²) in [4.78, 5) is 11.3. The quantitative estimate of drug-likeness (QED) is 0.745. The van der Waals surface area contributed by atoms with Gasteiger partial charge >= 0.3 is 0 Å². The number of Topliss-reactive ketones (excluding diaryl/α,β-unsaturated/α-hetero) is 1. The summed E-state index contributed by atoms with van der Waals surface area (Å²) < 4.78 is 13.7. The molecule has 0 fully saturated rings. The highest BCUT2D eigenvalue weighted by atomic mass is 19.1. The Balaban J connectivity index is 2.30. The molecule has 2 aromatic carbocycles. The van der Waals surface area contributed by atoms with Gasteiger partial charge in [-0.3, -0.25) is 4.79 Å². The zero-order chi connectivity index (χ0) is 13.1. The van der Waals surface area contributed by atoms with E-state index in [9.17, 15) is 9.18 Å². The van der Waals surface area contributed by atoms with E-state index < -0.39 is 0 Å². The lowest BCUT2D eigenvalue weighted by molar-refractivity contribution is 0.101. The molecule has 0 saturated carbocycles. The number of hydrogen-bond acceptors (Lipinski definition) is 1. The Morgan fingerprint density at radius 3 is 2.39 bits per heavy atom. The second-order valence-electron chi connectivity index (χ2n) is 4.52. The smallest absolute Gasteiger partial charge is 0.159 e. The summed E-state index contributed by atoms with van der Waals surface area (Å²) in [6, 6.07) is 12.5. The number of halogens is 1. The first-order chi connectivity index (χ1) is 8.56. The van der Waals surface area contributed by atoms with Crippen LogP contribution in [-0.4, -0.2) is 5.78 Å². The summed E-state index contributed by atoms with van der Waals surface area (Å²) >= 11 is 0. The number of ketones is 1. The van der Waals surface area contributed by atoms with Crippen LogP contribution in [0.4, 0.5) is 4.39 Å². The number of benzene rings is 2. The topological polar surface area (TPSA) is 17.1 Å². The molecular weight excluding hydrogens is 227 g/mol. The van der Waals surface area contributed by atoms with Crippen LogP contribution in [0.1, 0.15) is 34.0 Å². The number of hydrogen-bond donors (Lipinski definition) is 0. The van der Waals surface area contributed by atoms with Gasteiger partial charge in [0, 0.05) is 12.0 Å². The minimum Gasteiger partial charge on any atom is -0.295 e. The minimum absolute atomic E-state index is 0.0415. The maximum atomic E-state index is 13.7. The van der Waals surface area contributed by atoms with Gasteiger partial charge in [0.25, 0.3) is 0 Å². The third-order valence-corrected chi connectivity index (χ3v) is 2.97. The van der Waals surface area contributed by atoms with Crippen molar-refractivity contribution in [3.8, 4) is 0 Å². The summed E-state index contributed by atoms with van der Waals surface area (Å²) in [6.45, 7) is 3.50. The SMILES string of the molecule is CC(=O)c1ccc(F)c(Cc2ccc(C)cc2)c1. The van der Waals surface area contributed by atoms with Gasteiger partial charge in [0.15, 0.2) is 5.78 Å². The second-order valence-corrected chi connectivity index (χ2v) is 4.52. The molecule has 0 bridgehead atoms. The minimum atomic E-state index is -0.263. The fourth-order valence-corrected chi connectivity index (χ4v) is 1.86. The maximum absolute atomic E-state index is 13.7. The number of rotatable bonds is 3. The van der Waals surface area contributed by atoms with Gasteiger partial charge in [0.1, 0.15) is 5.82 Å². The van der Waals surface area contributed by atoms with E-state index in [4.69, 9.17) is 0 Å². The summed E-state index contributed by atoms with van der Waals surface area (Å²) in [6.07, 6.45) is 0.507. The molecule has 1 nitrogen and oxygen atoms in total. The van der Waals surface area contributed by atoms with Gasteiger partial charge in [0.05, 0.1) is 0 Å². The van der Waals surface area contributed by atoms with Gasteiger partial charge in [-0.25, -0.2) is 4.39 Å². The van der Waals surface area contributed by atoms with E-state index in [2.05, 4.69) is 0 Å². The van der Waals surface area contributed by atoms with Gasteiger partial charge in [-0.15, -0.1) is 0 Å². The van der Waals surface area contributed by atoms with Crippen LogP contribution in [0.25, 0.3) is 0 Å². The molecule has 0 aliphatic heterocycles. The van der Waals surface area contributed by atoms with Gasteiger partial charge in [-0.1, -0.05) is 29.8 Å². The molecule has 2 aromatic rings. The first kappa shape index (κ1) is 12.5. The fraction of sp³-hybridized carbons (Fsp3) is 0.188. The Hall–Kier alpha value is -1.96. The van der Waals surface area contributed by atoms with Crippen LogP contribution in [0.2, 0.25) is 0 Å². The molecule has 0 radical (unpaired) electrons. The van der Waals surface area contributed by atoms with Crippen molar-refractivity contribution in [3.05, 3.63) is 70.5 Å². The van der Waals surface area contributed by atoms with E-state index >= 15 is 0 Å². The Morgan fingerprint density at radius 1 is 1.11 bits per heavy atom. The third-order valence-electron chi connectivity index (χ3n) is 2.97. The Kier molecular flexibility index (Phi) is 3.56. The average molecular weight is 242 g/mol. The molecule has 0 aliphatic rings. The molecule has 0 atom stereocenters. The maximum Gasteiger partial charge on any atom is 0.159 e. The normalized spacial score (nSPS) is 10.4. The van der Waals surface area contributed by atoms with E-state index in [1.165, 1.54) is 24.6 Å². The largest absolute Gasteiger partial charge is 0.295 e. The van der Waals surface area contributed by atoms with Crippen molar-refractivity contribution in [3.63, 3.8) is 0 Å². The van der Waals surface area contributed by atoms with E-state index in [0.717, 1.165) is 5.56 Å². The Bertz CT molecular complexity index is 570. The molecule has 92 valence electrons. The van der Waals surface area contributed by atoms with Crippen LogP contribution in [0.5, 0.6) is 0 Å². The predicted octanol–water partition coefficient (Wildman–Crippen LogP) is 3.93. The number of carbonyl (C=O) groups excluding carboxylic acids is 1. The van der Waals surface area contributed by atoms with Crippen LogP contribution in [-0.2, 0) is 6.42 Å². The van der Waals surface area contributed by atoms with Crippen LogP contribution in [0, 0.1) is 12.7 Å². The standard InChI is InChI=1S/C16H15FO/c1-11-3-5-13(6-4-11)9-15-10-14(12(2)18)7-8-16(15)17/h3-8,10H,9H2,1-2H3. The molecule has 0 amide bonds. The van der Waals surface area contributed by atoms with Crippen LogP contribution < -0.4 is 0 Å². The van der Waals surface area contributed by atoms with Crippen molar-refractivity contribution in [2.45, 2.75) is 20.3 Å². The van der Waals surface area contributed by atoms with Crippen molar-refractivity contribution in [2.24, 2.45) is 0 Å². The highest BCUT2D eigenvalue weighted by Crippen LogP contribution is 2.16. The number of carbonyl (C=O) groups is 1. The lowest BCUT2D eigenvalue weighted by Gasteiger charge is -2.06. The Labute approximate surface area is 106 Å². The van der Waals surface area contributed by atoms with Crippen molar-refractivity contribution in [1.82, 2.24) is 0 Å². The molecule has 18 heavy (non-hydrogen) atoms. The van der Waals surface area contributed by atoms with Crippen LogP contribution in [0.15, 0.2) is 42.5 Å². The van der Waals surface area contributed by atoms with E-state index in [0.29, 0.717) is 17.5 Å². The molecule has 0 N–H and O–H groups in total. The molecule has 0 heterocycles. The second kappa shape index (κ2) is 5.13. The first-order valence-electron chi connectivity index (χ1n) is 5.91.